The summed E-state index contributed by atoms with van der Waals surface area (Å²) >= 11 is 0. The van der Waals surface area contributed by atoms with Crippen LogP contribution in [-0.2, 0) is 4.79 Å². The van der Waals surface area contributed by atoms with Crippen LogP contribution in [0.2, 0.25) is 0 Å². The maximum atomic E-state index is 13.9. The predicted molar refractivity (Wildman–Crippen MR) is 76.5 cm³/mol. The third-order valence-electron chi connectivity index (χ3n) is 3.13. The Balaban J connectivity index is 1.72. The Bertz CT molecular complexity index is 686. The molecule has 1 amide bonds. The van der Waals surface area contributed by atoms with Crippen LogP contribution in [0.1, 0.15) is 12.8 Å². The summed E-state index contributed by atoms with van der Waals surface area (Å²) < 4.78 is 19.4. The fraction of sp³-hybridized carbons (Fsp3) is 0.200. The number of rotatable bonds is 4. The normalized spacial score (nSPS) is 13.8. The molecule has 0 unspecified atom stereocenters. The number of ether oxygens (including phenoxy) is 1. The number of nitrogens with one attached hydrogen (secondary N) is 1. The van der Waals surface area contributed by atoms with Gasteiger partial charge in [0.2, 0.25) is 5.91 Å². The van der Waals surface area contributed by atoms with Gasteiger partial charge in [-0.1, -0.05) is 0 Å². The number of hydrogen-bond donors (Lipinski definition) is 2. The van der Waals surface area contributed by atoms with E-state index in [2.05, 4.69) is 10.3 Å². The summed E-state index contributed by atoms with van der Waals surface area (Å²) in [5, 5.41) is 2.57. The number of anilines is 2. The second kappa shape index (κ2) is 5.40. The van der Waals surface area contributed by atoms with Crippen LogP contribution < -0.4 is 15.8 Å². The SMILES string of the molecule is Nc1cc(Oc2ccc(NC(=O)C3CC3)c(F)c2)ccn1. The topological polar surface area (TPSA) is 77.2 Å². The second-order valence-corrected chi connectivity index (χ2v) is 4.92. The molecule has 5 nitrogen and oxygen atoms in total. The molecule has 0 saturated heterocycles. The molecule has 0 aliphatic heterocycles. The van der Waals surface area contributed by atoms with E-state index < -0.39 is 5.82 Å². The van der Waals surface area contributed by atoms with Crippen molar-refractivity contribution < 1.29 is 13.9 Å². The van der Waals surface area contributed by atoms with Crippen LogP contribution in [-0.4, -0.2) is 10.9 Å². The Kier molecular flexibility index (Phi) is 3.43. The summed E-state index contributed by atoms with van der Waals surface area (Å²) in [5.74, 6) is 0.466. The Morgan fingerprint density at radius 1 is 1.29 bits per heavy atom. The van der Waals surface area contributed by atoms with Crippen LogP contribution in [0.5, 0.6) is 11.5 Å². The molecule has 0 atom stereocenters. The van der Waals surface area contributed by atoms with Crippen LogP contribution in [0.25, 0.3) is 0 Å². The summed E-state index contributed by atoms with van der Waals surface area (Å²) in [7, 11) is 0. The maximum absolute atomic E-state index is 13.9. The monoisotopic (exact) mass is 287 g/mol. The quantitative estimate of drug-likeness (QED) is 0.906. The zero-order valence-electron chi connectivity index (χ0n) is 11.2. The molecule has 1 aromatic carbocycles. The molecule has 3 N–H and O–H groups in total. The molecule has 1 fully saturated rings. The number of benzene rings is 1. The van der Waals surface area contributed by atoms with E-state index in [1.807, 2.05) is 0 Å². The number of nitrogens with zero attached hydrogens (tertiary/aromatic N) is 1. The van der Waals surface area contributed by atoms with E-state index in [0.29, 0.717) is 17.3 Å². The van der Waals surface area contributed by atoms with E-state index in [-0.39, 0.29) is 17.5 Å². The molecule has 2 aromatic rings. The van der Waals surface area contributed by atoms with Crippen molar-refractivity contribution in [3.8, 4) is 11.5 Å². The number of carbonyl (C=O) groups excluding carboxylic acids is 1. The summed E-state index contributed by atoms with van der Waals surface area (Å²) in [6, 6.07) is 7.45. The van der Waals surface area contributed by atoms with Gasteiger partial charge in [0.25, 0.3) is 0 Å². The molecule has 0 spiro atoms. The number of hydrogen-bond acceptors (Lipinski definition) is 4. The van der Waals surface area contributed by atoms with Crippen molar-refractivity contribution in [2.75, 3.05) is 11.1 Å². The number of halogens is 1. The molecule has 6 heteroatoms. The molecule has 1 saturated carbocycles. The highest BCUT2D eigenvalue weighted by molar-refractivity contribution is 5.94. The fourth-order valence-corrected chi connectivity index (χ4v) is 1.87. The lowest BCUT2D eigenvalue weighted by Gasteiger charge is -2.09. The minimum absolute atomic E-state index is 0.0279. The molecule has 21 heavy (non-hydrogen) atoms. The molecule has 1 aromatic heterocycles. The van der Waals surface area contributed by atoms with Gasteiger partial charge >= 0.3 is 0 Å². The first-order chi connectivity index (χ1) is 10.1. The Morgan fingerprint density at radius 3 is 2.71 bits per heavy atom. The number of nitrogens with two attached hydrogens (primary N) is 1. The zero-order chi connectivity index (χ0) is 14.8. The van der Waals surface area contributed by atoms with Crippen LogP contribution in [0, 0.1) is 11.7 Å². The number of carbonyl (C=O) groups is 1. The lowest BCUT2D eigenvalue weighted by atomic mass is 10.2. The van der Waals surface area contributed by atoms with Gasteiger partial charge < -0.3 is 15.8 Å². The minimum Gasteiger partial charge on any atom is -0.457 e. The average Bonchev–Trinajstić information content (AvgIpc) is 3.26. The number of pyridine rings is 1. The molecule has 0 radical (unpaired) electrons. The third-order valence-corrected chi connectivity index (χ3v) is 3.13. The van der Waals surface area contributed by atoms with Crippen molar-refractivity contribution >= 4 is 17.4 Å². The van der Waals surface area contributed by atoms with Crippen molar-refractivity contribution in [1.82, 2.24) is 4.98 Å². The minimum atomic E-state index is -0.538. The summed E-state index contributed by atoms with van der Waals surface area (Å²) in [6.07, 6.45) is 3.25. The van der Waals surface area contributed by atoms with Gasteiger partial charge in [-0.15, -0.1) is 0 Å². The number of nitrogen functional groups attached to an aromatic ring is 1. The average molecular weight is 287 g/mol. The van der Waals surface area contributed by atoms with Crippen molar-refractivity contribution in [2.45, 2.75) is 12.8 Å². The highest BCUT2D eigenvalue weighted by atomic mass is 19.1. The van der Waals surface area contributed by atoms with E-state index in [0.717, 1.165) is 12.8 Å². The Hall–Kier alpha value is -2.63. The lowest BCUT2D eigenvalue weighted by Crippen LogP contribution is -2.14. The fourth-order valence-electron chi connectivity index (χ4n) is 1.87. The second-order valence-electron chi connectivity index (χ2n) is 4.92. The molecule has 108 valence electrons. The van der Waals surface area contributed by atoms with Crippen molar-refractivity contribution in [3.05, 3.63) is 42.3 Å². The predicted octanol–water partition coefficient (Wildman–Crippen LogP) is 2.94. The van der Waals surface area contributed by atoms with Gasteiger partial charge in [-0.2, -0.15) is 0 Å². The molecule has 1 aliphatic carbocycles. The van der Waals surface area contributed by atoms with E-state index in [1.54, 1.807) is 18.2 Å². The molecule has 1 aliphatic rings. The molecule has 1 heterocycles. The van der Waals surface area contributed by atoms with E-state index in [1.165, 1.54) is 18.3 Å². The van der Waals surface area contributed by atoms with Gasteiger partial charge in [0.15, 0.2) is 0 Å². The largest absolute Gasteiger partial charge is 0.457 e. The van der Waals surface area contributed by atoms with Gasteiger partial charge in [0.1, 0.15) is 23.1 Å². The number of aromatic nitrogens is 1. The van der Waals surface area contributed by atoms with Crippen LogP contribution in [0.3, 0.4) is 0 Å². The van der Waals surface area contributed by atoms with E-state index in [4.69, 9.17) is 10.5 Å². The van der Waals surface area contributed by atoms with Crippen molar-refractivity contribution in [1.29, 1.82) is 0 Å². The Labute approximate surface area is 120 Å². The molecular weight excluding hydrogens is 273 g/mol. The number of amides is 1. The molecule has 0 bridgehead atoms. The van der Waals surface area contributed by atoms with Gasteiger partial charge in [-0.3, -0.25) is 4.79 Å². The van der Waals surface area contributed by atoms with Gasteiger partial charge in [0.05, 0.1) is 5.69 Å². The highest BCUT2D eigenvalue weighted by Gasteiger charge is 2.30. The first-order valence-corrected chi connectivity index (χ1v) is 6.61. The summed E-state index contributed by atoms with van der Waals surface area (Å²) in [4.78, 5) is 15.5. The highest BCUT2D eigenvalue weighted by Crippen LogP contribution is 2.31. The van der Waals surface area contributed by atoms with E-state index >= 15 is 0 Å². The van der Waals surface area contributed by atoms with E-state index in [9.17, 15) is 9.18 Å². The first kappa shape index (κ1) is 13.4. The summed E-state index contributed by atoms with van der Waals surface area (Å²) in [6.45, 7) is 0. The van der Waals surface area contributed by atoms with Crippen molar-refractivity contribution in [3.63, 3.8) is 0 Å². The van der Waals surface area contributed by atoms with Gasteiger partial charge in [-0.25, -0.2) is 9.37 Å². The molecular formula is C15H14FN3O2. The lowest BCUT2D eigenvalue weighted by molar-refractivity contribution is -0.117. The molecule has 3 rings (SSSR count). The Morgan fingerprint density at radius 2 is 2.05 bits per heavy atom. The smallest absolute Gasteiger partial charge is 0.227 e. The van der Waals surface area contributed by atoms with Crippen LogP contribution in [0.4, 0.5) is 15.9 Å². The van der Waals surface area contributed by atoms with Crippen LogP contribution >= 0.6 is 0 Å². The van der Waals surface area contributed by atoms with Crippen molar-refractivity contribution in [2.24, 2.45) is 5.92 Å². The van der Waals surface area contributed by atoms with Gasteiger partial charge in [-0.05, 0) is 31.0 Å². The zero-order valence-corrected chi connectivity index (χ0v) is 11.2. The van der Waals surface area contributed by atoms with Crippen LogP contribution in [0.15, 0.2) is 36.5 Å². The third kappa shape index (κ3) is 3.28. The van der Waals surface area contributed by atoms with Gasteiger partial charge in [0, 0.05) is 24.2 Å². The summed E-state index contributed by atoms with van der Waals surface area (Å²) in [5.41, 5.74) is 5.70. The first-order valence-electron chi connectivity index (χ1n) is 6.61. The standard InChI is InChI=1S/C15H14FN3O2/c16-12-7-10(21-11-5-6-18-14(17)8-11)3-4-13(12)19-15(20)9-1-2-9/h3-9H,1-2H2,(H2,17,18)(H,19,20). The maximum Gasteiger partial charge on any atom is 0.227 e.